The van der Waals surface area contributed by atoms with Gasteiger partial charge >= 0.3 is 10.1 Å². The first-order chi connectivity index (χ1) is 10.0. The van der Waals surface area contributed by atoms with Crippen molar-refractivity contribution in [1.82, 2.24) is 0 Å². The van der Waals surface area contributed by atoms with Crippen molar-refractivity contribution < 1.29 is 17.4 Å². The summed E-state index contributed by atoms with van der Waals surface area (Å²) in [6.45, 7) is 1.88. The fraction of sp³-hybridized carbons (Fsp3) is 0.188. The minimum Gasteiger partial charge on any atom is -0.379 e. The number of hydrogen-bond acceptors (Lipinski definition) is 4. The maximum Gasteiger partial charge on any atom is 0.339 e. The van der Waals surface area contributed by atoms with Crippen molar-refractivity contribution >= 4 is 16.4 Å². The lowest BCUT2D eigenvalue weighted by Gasteiger charge is -2.11. The van der Waals surface area contributed by atoms with Crippen molar-refractivity contribution in [3.8, 4) is 5.75 Å². The molecule has 4 nitrogen and oxygen atoms in total. The van der Waals surface area contributed by atoms with Gasteiger partial charge in [0.05, 0.1) is 0 Å². The van der Waals surface area contributed by atoms with Crippen LogP contribution < -0.4 is 4.18 Å². The third kappa shape index (κ3) is 3.92. The van der Waals surface area contributed by atoms with Crippen LogP contribution in [0, 0.1) is 6.92 Å². The Morgan fingerprint density at radius 3 is 2.38 bits per heavy atom. The lowest BCUT2D eigenvalue weighted by atomic mass is 10.1. The highest BCUT2D eigenvalue weighted by Crippen LogP contribution is 2.24. The molecule has 2 rings (SSSR count). The van der Waals surface area contributed by atoms with Crippen LogP contribution in [-0.4, -0.2) is 14.7 Å². The van der Waals surface area contributed by atoms with Gasteiger partial charge in [-0.2, -0.15) is 8.42 Å². The summed E-state index contributed by atoms with van der Waals surface area (Å²) in [5.74, 6) is 0.264. The highest BCUT2D eigenvalue weighted by Gasteiger charge is 2.17. The molecular weight excluding hydrogens is 288 g/mol. The quantitative estimate of drug-likeness (QED) is 0.608. The van der Waals surface area contributed by atoms with Crippen LogP contribution in [0.15, 0.2) is 53.4 Å². The van der Waals surface area contributed by atoms with Gasteiger partial charge in [-0.25, -0.2) is 0 Å². The maximum absolute atomic E-state index is 12.2. The monoisotopic (exact) mass is 304 g/mol. The number of rotatable bonds is 6. The molecule has 0 unspecified atom stereocenters. The molecule has 0 atom stereocenters. The van der Waals surface area contributed by atoms with Gasteiger partial charge in [-0.3, -0.25) is 0 Å². The number of carbonyl (C=O) groups is 1. The third-order valence-electron chi connectivity index (χ3n) is 3.01. The van der Waals surface area contributed by atoms with E-state index in [1.807, 2.05) is 6.92 Å². The number of para-hydroxylation sites is 1. The summed E-state index contributed by atoms with van der Waals surface area (Å²) < 4.78 is 29.7. The molecule has 2 aromatic rings. The van der Waals surface area contributed by atoms with Gasteiger partial charge < -0.3 is 8.98 Å². The van der Waals surface area contributed by atoms with E-state index in [1.165, 1.54) is 12.1 Å². The second-order valence-electron chi connectivity index (χ2n) is 4.66. The Balaban J connectivity index is 2.28. The normalized spacial score (nSPS) is 11.1. The summed E-state index contributed by atoms with van der Waals surface area (Å²) in [5, 5.41) is 0. The lowest BCUT2D eigenvalue weighted by molar-refractivity contribution is -0.107. The summed E-state index contributed by atoms with van der Waals surface area (Å²) in [5.41, 5.74) is 1.67. The molecule has 0 aliphatic carbocycles. The molecule has 0 amide bonds. The smallest absolute Gasteiger partial charge is 0.339 e. The molecule has 0 spiro atoms. The lowest BCUT2D eigenvalue weighted by Crippen LogP contribution is -2.11. The molecule has 110 valence electrons. The number of hydrogen-bond donors (Lipinski definition) is 0. The van der Waals surface area contributed by atoms with E-state index in [2.05, 4.69) is 0 Å². The van der Waals surface area contributed by atoms with Crippen LogP contribution in [0.3, 0.4) is 0 Å². The van der Waals surface area contributed by atoms with Gasteiger partial charge in [0.1, 0.15) is 16.9 Å². The van der Waals surface area contributed by atoms with Gasteiger partial charge in [-0.15, -0.1) is 0 Å². The molecule has 0 saturated carbocycles. The van der Waals surface area contributed by atoms with Gasteiger partial charge in [0.2, 0.25) is 0 Å². The van der Waals surface area contributed by atoms with E-state index in [9.17, 15) is 13.2 Å². The molecule has 0 aromatic heterocycles. The van der Waals surface area contributed by atoms with Crippen molar-refractivity contribution in [2.45, 2.75) is 24.7 Å². The molecule has 0 radical (unpaired) electrons. The molecule has 0 aliphatic rings. The summed E-state index contributed by atoms with van der Waals surface area (Å²) in [6.07, 6.45) is 1.57. The summed E-state index contributed by atoms with van der Waals surface area (Å²) in [4.78, 5) is 10.6. The fourth-order valence-corrected chi connectivity index (χ4v) is 2.84. The molecule has 0 saturated heterocycles. The van der Waals surface area contributed by atoms with Gasteiger partial charge in [0.15, 0.2) is 0 Å². The van der Waals surface area contributed by atoms with Crippen molar-refractivity contribution in [3.63, 3.8) is 0 Å². The first kappa shape index (κ1) is 15.3. The third-order valence-corrected chi connectivity index (χ3v) is 4.26. The molecule has 21 heavy (non-hydrogen) atoms. The largest absolute Gasteiger partial charge is 0.379 e. The standard InChI is InChI=1S/C16H16O4S/c1-13-8-10-15(11-9-13)21(18,19)20-16-7-3-2-5-14(16)6-4-12-17/h2-3,5,7-12H,4,6H2,1H3. The summed E-state index contributed by atoms with van der Waals surface area (Å²) in [7, 11) is -3.87. The van der Waals surface area contributed by atoms with E-state index >= 15 is 0 Å². The molecule has 5 heteroatoms. The Bertz CT molecular complexity index is 718. The van der Waals surface area contributed by atoms with Crippen molar-refractivity contribution in [2.24, 2.45) is 0 Å². The van der Waals surface area contributed by atoms with Gasteiger partial charge in [-0.1, -0.05) is 35.9 Å². The minimum atomic E-state index is -3.87. The summed E-state index contributed by atoms with van der Waals surface area (Å²) in [6, 6.07) is 13.3. The molecule has 0 aliphatic heterocycles. The average molecular weight is 304 g/mol. The van der Waals surface area contributed by atoms with Crippen molar-refractivity contribution in [1.29, 1.82) is 0 Å². The zero-order chi connectivity index (χ0) is 15.3. The Labute approximate surface area is 124 Å². The molecule has 0 heterocycles. The molecule has 0 fully saturated rings. The summed E-state index contributed by atoms with van der Waals surface area (Å²) >= 11 is 0. The fourth-order valence-electron chi connectivity index (χ4n) is 1.88. The molecule has 0 N–H and O–H groups in total. The molecule has 0 bridgehead atoms. The predicted molar refractivity (Wildman–Crippen MR) is 79.8 cm³/mol. The van der Waals surface area contributed by atoms with Crippen LogP contribution in [0.2, 0.25) is 0 Å². The van der Waals surface area contributed by atoms with Crippen molar-refractivity contribution in [2.75, 3.05) is 0 Å². The van der Waals surface area contributed by atoms with Crippen LogP contribution in [-0.2, 0) is 21.3 Å². The van der Waals surface area contributed by atoms with Gasteiger partial charge in [0.25, 0.3) is 0 Å². The van der Waals surface area contributed by atoms with E-state index in [0.29, 0.717) is 18.4 Å². The number of benzene rings is 2. The number of aldehydes is 1. The first-order valence-electron chi connectivity index (χ1n) is 6.55. The Hall–Kier alpha value is -2.14. The van der Waals surface area contributed by atoms with Crippen molar-refractivity contribution in [3.05, 3.63) is 59.7 Å². The number of aryl methyl sites for hydroxylation is 2. The zero-order valence-electron chi connectivity index (χ0n) is 11.7. The van der Waals surface area contributed by atoms with E-state index in [1.54, 1.807) is 36.4 Å². The Morgan fingerprint density at radius 1 is 1.05 bits per heavy atom. The van der Waals surface area contributed by atoms with Crippen LogP contribution in [0.25, 0.3) is 0 Å². The second kappa shape index (κ2) is 6.54. The van der Waals surface area contributed by atoms with Crippen LogP contribution in [0.1, 0.15) is 17.5 Å². The van der Waals surface area contributed by atoms with Crippen LogP contribution >= 0.6 is 0 Å². The van der Waals surface area contributed by atoms with E-state index in [0.717, 1.165) is 11.8 Å². The van der Waals surface area contributed by atoms with Gasteiger partial charge in [0, 0.05) is 6.42 Å². The van der Waals surface area contributed by atoms with E-state index in [4.69, 9.17) is 4.18 Å². The zero-order valence-corrected chi connectivity index (χ0v) is 12.5. The molecular formula is C16H16O4S. The highest BCUT2D eigenvalue weighted by molar-refractivity contribution is 7.87. The topological polar surface area (TPSA) is 60.4 Å². The maximum atomic E-state index is 12.2. The predicted octanol–water partition coefficient (Wildman–Crippen LogP) is 2.89. The first-order valence-corrected chi connectivity index (χ1v) is 7.96. The molecule has 2 aromatic carbocycles. The Kier molecular flexibility index (Phi) is 4.75. The van der Waals surface area contributed by atoms with E-state index in [-0.39, 0.29) is 10.6 Å². The number of carbonyl (C=O) groups excluding carboxylic acids is 1. The SMILES string of the molecule is Cc1ccc(S(=O)(=O)Oc2ccccc2CCC=O)cc1. The average Bonchev–Trinajstić information content (AvgIpc) is 2.46. The second-order valence-corrected chi connectivity index (χ2v) is 6.21. The van der Waals surface area contributed by atoms with Gasteiger partial charge in [-0.05, 0) is 37.1 Å². The van der Waals surface area contributed by atoms with Crippen LogP contribution in [0.4, 0.5) is 0 Å². The Morgan fingerprint density at radius 2 is 1.71 bits per heavy atom. The minimum absolute atomic E-state index is 0.110. The van der Waals surface area contributed by atoms with Crippen LogP contribution in [0.5, 0.6) is 5.75 Å². The highest BCUT2D eigenvalue weighted by atomic mass is 32.2. The van der Waals surface area contributed by atoms with E-state index < -0.39 is 10.1 Å².